The molecule has 0 amide bonds. The van der Waals surface area contributed by atoms with Gasteiger partial charge in [-0.1, -0.05) is 24.8 Å². The van der Waals surface area contributed by atoms with Crippen LogP contribution in [0.4, 0.5) is 0 Å². The van der Waals surface area contributed by atoms with E-state index in [1.807, 2.05) is 12.2 Å². The highest BCUT2D eigenvalue weighted by Gasteiger charge is 2.52. The molecule has 0 N–H and O–H groups in total. The number of carbonyl (C=O) groups is 2. The zero-order valence-electron chi connectivity index (χ0n) is 10.5. The molecule has 4 atom stereocenters. The first kappa shape index (κ1) is 12.9. The van der Waals surface area contributed by atoms with Crippen LogP contribution in [0, 0.1) is 23.7 Å². The first-order chi connectivity index (χ1) is 8.69. The lowest BCUT2D eigenvalue weighted by atomic mass is 9.83. The molecule has 0 aromatic heterocycles. The lowest BCUT2D eigenvalue weighted by Crippen LogP contribution is -2.35. The van der Waals surface area contributed by atoms with Gasteiger partial charge in [-0.2, -0.15) is 0 Å². The normalized spacial score (nSPS) is 32.3. The summed E-state index contributed by atoms with van der Waals surface area (Å²) in [6.45, 7) is 5.80. The van der Waals surface area contributed by atoms with E-state index in [4.69, 9.17) is 9.47 Å². The number of ether oxygens (including phenoxy) is 2. The van der Waals surface area contributed by atoms with Crippen LogP contribution in [0.5, 0.6) is 0 Å². The van der Waals surface area contributed by atoms with E-state index >= 15 is 0 Å². The molecule has 1 fully saturated rings. The van der Waals surface area contributed by atoms with Crippen LogP contribution >= 0.6 is 0 Å². The molecule has 0 aromatic rings. The Kier molecular flexibility index (Phi) is 3.84. The Balaban J connectivity index is 2.11. The molecule has 18 heavy (non-hydrogen) atoms. The minimum absolute atomic E-state index is 0.113. The summed E-state index contributed by atoms with van der Waals surface area (Å²) in [5.74, 6) is -1.13. The van der Waals surface area contributed by atoms with E-state index in [1.54, 1.807) is 6.92 Å². The summed E-state index contributed by atoms with van der Waals surface area (Å²) in [7, 11) is 0. The van der Waals surface area contributed by atoms with Crippen molar-refractivity contribution in [2.24, 2.45) is 23.7 Å². The van der Waals surface area contributed by atoms with Crippen molar-refractivity contribution < 1.29 is 19.1 Å². The Morgan fingerprint density at radius 2 is 1.78 bits per heavy atom. The maximum atomic E-state index is 12.0. The smallest absolute Gasteiger partial charge is 0.310 e. The molecule has 4 heteroatoms. The highest BCUT2D eigenvalue weighted by Crippen LogP contribution is 2.48. The van der Waals surface area contributed by atoms with E-state index in [9.17, 15) is 9.59 Å². The number of rotatable bonds is 5. The Hall–Kier alpha value is -1.58. The number of hydrogen-bond donors (Lipinski definition) is 0. The second-order valence-corrected chi connectivity index (χ2v) is 4.67. The number of esters is 2. The lowest BCUT2D eigenvalue weighted by Gasteiger charge is -2.24. The molecule has 0 aliphatic heterocycles. The summed E-state index contributed by atoms with van der Waals surface area (Å²) >= 11 is 0. The SMILES string of the molecule is C=CCOC(=O)C1C2C=CC(C2)C1C(=O)OCC. The summed E-state index contributed by atoms with van der Waals surface area (Å²) in [5, 5.41) is 0. The Morgan fingerprint density at radius 1 is 1.22 bits per heavy atom. The highest BCUT2D eigenvalue weighted by atomic mass is 16.5. The first-order valence-corrected chi connectivity index (χ1v) is 6.31. The van der Waals surface area contributed by atoms with Crippen LogP contribution in [0.3, 0.4) is 0 Å². The molecule has 0 aromatic carbocycles. The van der Waals surface area contributed by atoms with Gasteiger partial charge in [-0.3, -0.25) is 9.59 Å². The van der Waals surface area contributed by atoms with E-state index in [-0.39, 0.29) is 42.2 Å². The van der Waals surface area contributed by atoms with Crippen LogP contribution in [0.1, 0.15) is 13.3 Å². The average Bonchev–Trinajstić information content (AvgIpc) is 2.96. The largest absolute Gasteiger partial charge is 0.466 e. The van der Waals surface area contributed by atoms with Gasteiger partial charge >= 0.3 is 11.9 Å². The van der Waals surface area contributed by atoms with E-state index < -0.39 is 0 Å². The molecule has 0 heterocycles. The van der Waals surface area contributed by atoms with Crippen LogP contribution in [0.25, 0.3) is 0 Å². The second-order valence-electron chi connectivity index (χ2n) is 4.67. The Bertz CT molecular complexity index is 385. The molecule has 2 aliphatic rings. The Labute approximate surface area is 107 Å². The van der Waals surface area contributed by atoms with E-state index in [0.29, 0.717) is 6.61 Å². The predicted molar refractivity (Wildman–Crippen MR) is 65.5 cm³/mol. The number of allylic oxidation sites excluding steroid dienone is 2. The third-order valence-electron chi connectivity index (χ3n) is 3.63. The summed E-state index contributed by atoms with van der Waals surface area (Å²) < 4.78 is 10.2. The topological polar surface area (TPSA) is 52.6 Å². The molecule has 4 unspecified atom stereocenters. The molecule has 2 rings (SSSR count). The second kappa shape index (κ2) is 5.38. The fourth-order valence-electron chi connectivity index (χ4n) is 2.94. The van der Waals surface area contributed by atoms with Crippen LogP contribution in [-0.2, 0) is 19.1 Å². The first-order valence-electron chi connectivity index (χ1n) is 6.31. The summed E-state index contributed by atoms with van der Waals surface area (Å²) in [4.78, 5) is 23.9. The van der Waals surface area contributed by atoms with E-state index in [1.165, 1.54) is 6.08 Å². The molecule has 0 spiro atoms. The van der Waals surface area contributed by atoms with Crippen molar-refractivity contribution in [1.82, 2.24) is 0 Å². The minimum atomic E-state index is -0.390. The minimum Gasteiger partial charge on any atom is -0.466 e. The van der Waals surface area contributed by atoms with Gasteiger partial charge in [0.25, 0.3) is 0 Å². The highest BCUT2D eigenvalue weighted by molar-refractivity contribution is 5.84. The number of fused-ring (bicyclic) bond motifs is 2. The van der Waals surface area contributed by atoms with Gasteiger partial charge in [0.1, 0.15) is 6.61 Å². The van der Waals surface area contributed by atoms with Gasteiger partial charge in [0.15, 0.2) is 0 Å². The van der Waals surface area contributed by atoms with Gasteiger partial charge in [-0.15, -0.1) is 0 Å². The molecule has 0 radical (unpaired) electrons. The van der Waals surface area contributed by atoms with Gasteiger partial charge in [0.2, 0.25) is 0 Å². The van der Waals surface area contributed by atoms with Crippen molar-refractivity contribution in [3.63, 3.8) is 0 Å². The molecule has 1 saturated carbocycles. The van der Waals surface area contributed by atoms with E-state index in [0.717, 1.165) is 6.42 Å². The number of carbonyl (C=O) groups excluding carboxylic acids is 2. The zero-order chi connectivity index (χ0) is 13.1. The molecule has 0 saturated heterocycles. The zero-order valence-corrected chi connectivity index (χ0v) is 10.5. The molecular weight excluding hydrogens is 232 g/mol. The van der Waals surface area contributed by atoms with Gasteiger partial charge in [-0.05, 0) is 25.2 Å². The molecular formula is C14H18O4. The third-order valence-corrected chi connectivity index (χ3v) is 3.63. The average molecular weight is 250 g/mol. The van der Waals surface area contributed by atoms with Crippen molar-refractivity contribution >= 4 is 11.9 Å². The van der Waals surface area contributed by atoms with Gasteiger partial charge < -0.3 is 9.47 Å². The van der Waals surface area contributed by atoms with Crippen LogP contribution < -0.4 is 0 Å². The maximum absolute atomic E-state index is 12.0. The molecule has 4 nitrogen and oxygen atoms in total. The van der Waals surface area contributed by atoms with E-state index in [2.05, 4.69) is 6.58 Å². The van der Waals surface area contributed by atoms with Crippen molar-refractivity contribution in [2.75, 3.05) is 13.2 Å². The van der Waals surface area contributed by atoms with Crippen LogP contribution in [-0.4, -0.2) is 25.2 Å². The fourth-order valence-corrected chi connectivity index (χ4v) is 2.94. The lowest BCUT2D eigenvalue weighted by molar-refractivity contribution is -0.160. The number of hydrogen-bond acceptors (Lipinski definition) is 4. The fraction of sp³-hybridized carbons (Fsp3) is 0.571. The monoisotopic (exact) mass is 250 g/mol. The maximum Gasteiger partial charge on any atom is 0.310 e. The molecule has 2 aliphatic carbocycles. The molecule has 2 bridgehead atoms. The van der Waals surface area contributed by atoms with Gasteiger partial charge in [0, 0.05) is 0 Å². The third kappa shape index (κ3) is 2.19. The summed E-state index contributed by atoms with van der Waals surface area (Å²) in [6.07, 6.45) is 6.40. The van der Waals surface area contributed by atoms with Crippen molar-refractivity contribution in [3.8, 4) is 0 Å². The summed E-state index contributed by atoms with van der Waals surface area (Å²) in [5.41, 5.74) is 0. The van der Waals surface area contributed by atoms with Crippen molar-refractivity contribution in [1.29, 1.82) is 0 Å². The van der Waals surface area contributed by atoms with Crippen molar-refractivity contribution in [3.05, 3.63) is 24.8 Å². The Morgan fingerprint density at radius 3 is 2.28 bits per heavy atom. The van der Waals surface area contributed by atoms with Gasteiger partial charge in [0.05, 0.1) is 18.4 Å². The quantitative estimate of drug-likeness (QED) is 0.550. The predicted octanol–water partition coefficient (Wildman–Crippen LogP) is 1.72. The standard InChI is InChI=1S/C14H18O4/c1-3-7-18-14(16)12-10-6-5-9(8-10)11(12)13(15)17-4-2/h3,5-6,9-12H,1,4,7-8H2,2H3. The van der Waals surface area contributed by atoms with Crippen LogP contribution in [0.2, 0.25) is 0 Å². The van der Waals surface area contributed by atoms with Crippen LogP contribution in [0.15, 0.2) is 24.8 Å². The van der Waals surface area contributed by atoms with Crippen molar-refractivity contribution in [2.45, 2.75) is 13.3 Å². The van der Waals surface area contributed by atoms with Gasteiger partial charge in [-0.25, -0.2) is 0 Å². The summed E-state index contributed by atoms with van der Waals surface area (Å²) in [6, 6.07) is 0. The molecule has 98 valence electrons.